The molecule has 0 heterocycles. The van der Waals surface area contributed by atoms with Crippen LogP contribution in [0.1, 0.15) is 11.1 Å². The fraction of sp³-hybridized carbons (Fsp3) is 0.167. The van der Waals surface area contributed by atoms with Crippen molar-refractivity contribution in [2.24, 2.45) is 5.10 Å². The minimum Gasteiger partial charge on any atom is -0.504 e. The standard InChI is InChI=1S/C24H25N3O6S/c1-17-7-10-21(11-8-17)34(30,31)27(19-5-4-6-20(14-19)32-2)16-24(29)26-25-15-18-9-12-22(28)23(13-18)33-3/h4-15,28H,16H2,1-3H3,(H,26,29)/b25-15-. The first kappa shape index (κ1) is 24.6. The SMILES string of the molecule is COc1cccc(N(CC(=O)N/N=C\c2ccc(O)c(OC)c2)S(=O)(=O)c2ccc(C)cc2)c1. The van der Waals surface area contributed by atoms with Gasteiger partial charge in [-0.15, -0.1) is 0 Å². The molecule has 3 rings (SSSR count). The number of hydrogen-bond acceptors (Lipinski definition) is 7. The number of phenolic OH excluding ortho intramolecular Hbond substituents is 1. The first-order chi connectivity index (χ1) is 16.2. The number of aryl methyl sites for hydroxylation is 1. The van der Waals surface area contributed by atoms with E-state index in [-0.39, 0.29) is 22.1 Å². The van der Waals surface area contributed by atoms with Crippen LogP contribution in [0.4, 0.5) is 5.69 Å². The molecule has 0 saturated carbocycles. The Labute approximate surface area is 198 Å². The zero-order valence-electron chi connectivity index (χ0n) is 18.9. The molecule has 1 amide bonds. The average molecular weight is 484 g/mol. The van der Waals surface area contributed by atoms with Crippen molar-refractivity contribution >= 4 is 27.8 Å². The van der Waals surface area contributed by atoms with Gasteiger partial charge in [-0.25, -0.2) is 13.8 Å². The van der Waals surface area contributed by atoms with E-state index < -0.39 is 22.5 Å². The fourth-order valence-electron chi connectivity index (χ4n) is 3.04. The van der Waals surface area contributed by atoms with Crippen LogP contribution in [-0.2, 0) is 14.8 Å². The molecule has 0 unspecified atom stereocenters. The molecule has 0 aromatic heterocycles. The number of methoxy groups -OCH3 is 2. The van der Waals surface area contributed by atoms with E-state index in [1.807, 2.05) is 6.92 Å². The Bertz CT molecular complexity index is 1290. The zero-order chi connectivity index (χ0) is 24.7. The molecule has 0 bridgehead atoms. The molecule has 0 aliphatic rings. The second-order valence-corrected chi connectivity index (χ2v) is 9.11. The number of rotatable bonds is 9. The summed E-state index contributed by atoms with van der Waals surface area (Å²) < 4.78 is 38.1. The van der Waals surface area contributed by atoms with Gasteiger partial charge in [-0.1, -0.05) is 23.8 Å². The van der Waals surface area contributed by atoms with Gasteiger partial charge in [0.05, 0.1) is 31.0 Å². The van der Waals surface area contributed by atoms with Gasteiger partial charge in [-0.2, -0.15) is 5.10 Å². The van der Waals surface area contributed by atoms with Crippen LogP contribution >= 0.6 is 0 Å². The molecule has 3 aromatic carbocycles. The number of ether oxygens (including phenoxy) is 2. The molecule has 2 N–H and O–H groups in total. The molecule has 178 valence electrons. The quantitative estimate of drug-likeness (QED) is 0.357. The highest BCUT2D eigenvalue weighted by Crippen LogP contribution is 2.27. The van der Waals surface area contributed by atoms with E-state index in [0.717, 1.165) is 9.87 Å². The number of hydrogen-bond donors (Lipinski definition) is 2. The third kappa shape index (κ3) is 5.84. The lowest BCUT2D eigenvalue weighted by molar-refractivity contribution is -0.119. The maximum Gasteiger partial charge on any atom is 0.264 e. The maximum atomic E-state index is 13.4. The molecule has 0 fully saturated rings. The third-order valence-electron chi connectivity index (χ3n) is 4.84. The lowest BCUT2D eigenvalue weighted by Gasteiger charge is -2.24. The predicted octanol–water partition coefficient (Wildman–Crippen LogP) is 3.06. The summed E-state index contributed by atoms with van der Waals surface area (Å²) in [5, 5.41) is 13.6. The largest absolute Gasteiger partial charge is 0.504 e. The normalized spacial score (nSPS) is 11.3. The Morgan fingerprint density at radius 1 is 1.06 bits per heavy atom. The van der Waals surface area contributed by atoms with Crippen LogP contribution in [0.5, 0.6) is 17.2 Å². The summed E-state index contributed by atoms with van der Waals surface area (Å²) in [6.07, 6.45) is 1.35. The van der Waals surface area contributed by atoms with Gasteiger partial charge in [0.15, 0.2) is 11.5 Å². The zero-order valence-corrected chi connectivity index (χ0v) is 19.7. The molecule has 0 saturated heterocycles. The highest BCUT2D eigenvalue weighted by Gasteiger charge is 2.27. The summed E-state index contributed by atoms with van der Waals surface area (Å²) >= 11 is 0. The summed E-state index contributed by atoms with van der Waals surface area (Å²) in [4.78, 5) is 12.7. The number of aromatic hydroxyl groups is 1. The van der Waals surface area contributed by atoms with Crippen molar-refractivity contribution in [3.8, 4) is 17.2 Å². The maximum absolute atomic E-state index is 13.4. The number of sulfonamides is 1. The van der Waals surface area contributed by atoms with Crippen LogP contribution in [0.25, 0.3) is 0 Å². The van der Waals surface area contributed by atoms with Crippen molar-refractivity contribution in [2.75, 3.05) is 25.1 Å². The molecular formula is C24H25N3O6S. The lowest BCUT2D eigenvalue weighted by atomic mass is 10.2. The Balaban J connectivity index is 1.85. The van der Waals surface area contributed by atoms with Gasteiger partial charge in [0, 0.05) is 6.07 Å². The second-order valence-electron chi connectivity index (χ2n) is 7.25. The number of amides is 1. The van der Waals surface area contributed by atoms with Crippen LogP contribution in [0, 0.1) is 6.92 Å². The molecule has 0 atom stereocenters. The van der Waals surface area contributed by atoms with E-state index in [2.05, 4.69) is 10.5 Å². The number of carbonyl (C=O) groups excluding carboxylic acids is 1. The minimum atomic E-state index is -4.06. The number of hydrazone groups is 1. The Hall–Kier alpha value is -4.05. The van der Waals surface area contributed by atoms with Crippen LogP contribution < -0.4 is 19.2 Å². The van der Waals surface area contributed by atoms with Crippen molar-refractivity contribution in [1.29, 1.82) is 0 Å². The van der Waals surface area contributed by atoms with E-state index in [1.165, 1.54) is 50.8 Å². The third-order valence-corrected chi connectivity index (χ3v) is 6.63. The molecule has 0 radical (unpaired) electrons. The van der Waals surface area contributed by atoms with Crippen molar-refractivity contribution < 1.29 is 27.8 Å². The number of phenols is 1. The predicted molar refractivity (Wildman–Crippen MR) is 129 cm³/mol. The van der Waals surface area contributed by atoms with E-state index in [1.54, 1.807) is 36.4 Å². The first-order valence-corrected chi connectivity index (χ1v) is 11.6. The molecule has 0 aliphatic heterocycles. The first-order valence-electron chi connectivity index (χ1n) is 10.2. The van der Waals surface area contributed by atoms with E-state index >= 15 is 0 Å². The van der Waals surface area contributed by atoms with E-state index in [0.29, 0.717) is 11.3 Å². The Morgan fingerprint density at radius 2 is 1.79 bits per heavy atom. The summed E-state index contributed by atoms with van der Waals surface area (Å²) in [5.74, 6) is 0.0180. The van der Waals surface area contributed by atoms with Crippen LogP contribution in [0.3, 0.4) is 0 Å². The number of nitrogens with one attached hydrogen (secondary N) is 1. The average Bonchev–Trinajstić information content (AvgIpc) is 2.83. The van der Waals surface area contributed by atoms with E-state index in [9.17, 15) is 18.3 Å². The van der Waals surface area contributed by atoms with Gasteiger partial charge in [-0.05, 0) is 55.0 Å². The molecule has 34 heavy (non-hydrogen) atoms. The summed E-state index contributed by atoms with van der Waals surface area (Å²) in [6.45, 7) is 1.34. The second kappa shape index (κ2) is 10.7. The number of anilines is 1. The van der Waals surface area contributed by atoms with Crippen LogP contribution in [0.2, 0.25) is 0 Å². The van der Waals surface area contributed by atoms with Gasteiger partial charge in [0.25, 0.3) is 15.9 Å². The molecule has 0 spiro atoms. The number of carbonyl (C=O) groups is 1. The highest BCUT2D eigenvalue weighted by atomic mass is 32.2. The summed E-state index contributed by atoms with van der Waals surface area (Å²) in [7, 11) is -1.18. The summed E-state index contributed by atoms with van der Waals surface area (Å²) in [5.41, 5.74) is 4.07. The van der Waals surface area contributed by atoms with Gasteiger partial charge in [0.1, 0.15) is 12.3 Å². The monoisotopic (exact) mass is 483 g/mol. The minimum absolute atomic E-state index is 0.0288. The topological polar surface area (TPSA) is 118 Å². The Morgan fingerprint density at radius 3 is 2.47 bits per heavy atom. The van der Waals surface area contributed by atoms with Crippen molar-refractivity contribution in [1.82, 2.24) is 5.43 Å². The number of nitrogens with zero attached hydrogens (tertiary/aromatic N) is 2. The molecule has 9 nitrogen and oxygen atoms in total. The Kier molecular flexibility index (Phi) is 7.75. The van der Waals surface area contributed by atoms with Crippen LogP contribution in [0.15, 0.2) is 76.7 Å². The fourth-order valence-corrected chi connectivity index (χ4v) is 4.45. The highest BCUT2D eigenvalue weighted by molar-refractivity contribution is 7.92. The molecular weight excluding hydrogens is 458 g/mol. The van der Waals surface area contributed by atoms with Crippen molar-refractivity contribution in [2.45, 2.75) is 11.8 Å². The van der Waals surface area contributed by atoms with Crippen molar-refractivity contribution in [3.63, 3.8) is 0 Å². The van der Waals surface area contributed by atoms with E-state index in [4.69, 9.17) is 9.47 Å². The smallest absolute Gasteiger partial charge is 0.264 e. The van der Waals surface area contributed by atoms with Crippen molar-refractivity contribution in [3.05, 3.63) is 77.9 Å². The lowest BCUT2D eigenvalue weighted by Crippen LogP contribution is -2.39. The van der Waals surface area contributed by atoms with Gasteiger partial charge >= 0.3 is 0 Å². The molecule has 3 aromatic rings. The molecule has 0 aliphatic carbocycles. The van der Waals surface area contributed by atoms with Gasteiger partial charge < -0.3 is 14.6 Å². The van der Waals surface area contributed by atoms with Gasteiger partial charge in [-0.3, -0.25) is 9.10 Å². The molecule has 10 heteroatoms. The van der Waals surface area contributed by atoms with Gasteiger partial charge in [0.2, 0.25) is 0 Å². The van der Waals surface area contributed by atoms with Crippen LogP contribution in [-0.4, -0.2) is 46.4 Å². The number of benzene rings is 3. The summed E-state index contributed by atoms with van der Waals surface area (Å²) in [6, 6.07) is 17.3.